The molecule has 3 rings (SSSR count). The van der Waals surface area contributed by atoms with Crippen LogP contribution < -0.4 is 14.8 Å². The van der Waals surface area contributed by atoms with Gasteiger partial charge in [-0.2, -0.15) is 0 Å². The van der Waals surface area contributed by atoms with Crippen LogP contribution in [0, 0.1) is 0 Å². The first-order valence-corrected chi connectivity index (χ1v) is 9.16. The molecule has 2 aromatic rings. The van der Waals surface area contributed by atoms with Crippen LogP contribution in [0.2, 0.25) is 0 Å². The van der Waals surface area contributed by atoms with Crippen molar-refractivity contribution >= 4 is 5.91 Å². The van der Waals surface area contributed by atoms with E-state index >= 15 is 0 Å². The minimum absolute atomic E-state index is 0.160. The molecule has 0 aliphatic carbocycles. The molecule has 2 aromatic carbocycles. The molecule has 0 spiro atoms. The molecule has 0 saturated heterocycles. The highest BCUT2D eigenvalue weighted by Gasteiger charge is 2.26. The Morgan fingerprint density at radius 2 is 1.69 bits per heavy atom. The second kappa shape index (κ2) is 8.72. The fourth-order valence-electron chi connectivity index (χ4n) is 2.92. The van der Waals surface area contributed by atoms with Crippen molar-refractivity contribution in [2.24, 2.45) is 0 Å². The summed E-state index contributed by atoms with van der Waals surface area (Å²) in [6.45, 7) is 8.08. The number of fused-ring (bicyclic) bond motifs is 1. The highest BCUT2D eigenvalue weighted by atomic mass is 16.6. The van der Waals surface area contributed by atoms with E-state index < -0.39 is 6.10 Å². The van der Waals surface area contributed by atoms with E-state index in [0.29, 0.717) is 18.0 Å². The minimum Gasteiger partial charge on any atom is -0.485 e. The van der Waals surface area contributed by atoms with Gasteiger partial charge in [0.2, 0.25) is 6.10 Å². The van der Waals surface area contributed by atoms with Gasteiger partial charge in [-0.05, 0) is 36.3 Å². The van der Waals surface area contributed by atoms with Crippen molar-refractivity contribution in [2.75, 3.05) is 19.7 Å². The fourth-order valence-corrected chi connectivity index (χ4v) is 2.92. The normalized spacial score (nSPS) is 15.7. The summed E-state index contributed by atoms with van der Waals surface area (Å²) >= 11 is 0. The Kier molecular flexibility index (Phi) is 6.12. The summed E-state index contributed by atoms with van der Waals surface area (Å²) in [6.07, 6.45) is -0.619. The first-order valence-electron chi connectivity index (χ1n) is 9.16. The first-order chi connectivity index (χ1) is 12.7. The molecule has 1 N–H and O–H groups in total. The second-order valence-electron chi connectivity index (χ2n) is 6.36. The average Bonchev–Trinajstić information content (AvgIpc) is 2.70. The van der Waals surface area contributed by atoms with Crippen LogP contribution in [0.1, 0.15) is 25.0 Å². The van der Waals surface area contributed by atoms with Gasteiger partial charge in [0.1, 0.15) is 6.61 Å². The number of carbonyl (C=O) groups is 1. The lowest BCUT2D eigenvalue weighted by Crippen LogP contribution is -2.43. The van der Waals surface area contributed by atoms with Crippen molar-refractivity contribution < 1.29 is 14.3 Å². The molecule has 0 radical (unpaired) electrons. The van der Waals surface area contributed by atoms with Gasteiger partial charge >= 0.3 is 0 Å². The molecule has 0 aromatic heterocycles. The Morgan fingerprint density at radius 3 is 2.38 bits per heavy atom. The Balaban J connectivity index is 1.50. The van der Waals surface area contributed by atoms with Crippen molar-refractivity contribution in [3.05, 3.63) is 59.7 Å². The number of carbonyl (C=O) groups excluding carboxylic acids is 1. The van der Waals surface area contributed by atoms with E-state index in [4.69, 9.17) is 9.47 Å². The van der Waals surface area contributed by atoms with Gasteiger partial charge in [0.05, 0.1) is 0 Å². The van der Waals surface area contributed by atoms with E-state index in [1.54, 1.807) is 0 Å². The number of para-hydroxylation sites is 2. The SMILES string of the molecule is CCN(CC)Cc1ccc(CNC(=O)C2COc3ccccc3O2)cc1. The van der Waals surface area contributed by atoms with Gasteiger partial charge in [-0.15, -0.1) is 0 Å². The molecule has 0 fully saturated rings. The van der Waals surface area contributed by atoms with E-state index in [0.717, 1.165) is 25.2 Å². The molecule has 1 aliphatic heterocycles. The number of hydrogen-bond acceptors (Lipinski definition) is 4. The molecule has 5 heteroatoms. The Hall–Kier alpha value is -2.53. The molecule has 138 valence electrons. The van der Waals surface area contributed by atoms with Crippen LogP contribution in [-0.4, -0.2) is 36.6 Å². The van der Waals surface area contributed by atoms with Gasteiger partial charge < -0.3 is 14.8 Å². The molecule has 26 heavy (non-hydrogen) atoms. The summed E-state index contributed by atoms with van der Waals surface area (Å²) in [6, 6.07) is 15.8. The van der Waals surface area contributed by atoms with E-state index in [-0.39, 0.29) is 12.5 Å². The van der Waals surface area contributed by atoms with Crippen LogP contribution in [0.15, 0.2) is 48.5 Å². The number of nitrogens with one attached hydrogen (secondary N) is 1. The molecular weight excluding hydrogens is 328 g/mol. The highest BCUT2D eigenvalue weighted by Crippen LogP contribution is 2.30. The number of nitrogens with zero attached hydrogens (tertiary/aromatic N) is 1. The average molecular weight is 354 g/mol. The van der Waals surface area contributed by atoms with Crippen LogP contribution in [0.3, 0.4) is 0 Å². The lowest BCUT2D eigenvalue weighted by molar-refractivity contribution is -0.130. The van der Waals surface area contributed by atoms with Gasteiger partial charge in [0, 0.05) is 13.1 Å². The predicted octanol–water partition coefficient (Wildman–Crippen LogP) is 2.98. The summed E-state index contributed by atoms with van der Waals surface area (Å²) in [5.74, 6) is 1.13. The van der Waals surface area contributed by atoms with E-state index in [2.05, 4.69) is 48.3 Å². The monoisotopic (exact) mass is 354 g/mol. The molecule has 1 heterocycles. The van der Waals surface area contributed by atoms with Crippen molar-refractivity contribution in [3.63, 3.8) is 0 Å². The smallest absolute Gasteiger partial charge is 0.264 e. The Morgan fingerprint density at radius 1 is 1.04 bits per heavy atom. The van der Waals surface area contributed by atoms with E-state index in [9.17, 15) is 4.79 Å². The van der Waals surface area contributed by atoms with Crippen molar-refractivity contribution in [3.8, 4) is 11.5 Å². The zero-order chi connectivity index (χ0) is 18.4. The van der Waals surface area contributed by atoms with Crippen molar-refractivity contribution in [1.82, 2.24) is 10.2 Å². The van der Waals surface area contributed by atoms with Gasteiger partial charge in [-0.1, -0.05) is 50.2 Å². The molecule has 0 bridgehead atoms. The summed E-state index contributed by atoms with van der Waals surface area (Å²) in [4.78, 5) is 14.7. The quantitative estimate of drug-likeness (QED) is 0.830. The number of amides is 1. The molecule has 1 unspecified atom stereocenters. The Labute approximate surface area is 154 Å². The minimum atomic E-state index is -0.619. The van der Waals surface area contributed by atoms with Crippen molar-refractivity contribution in [1.29, 1.82) is 0 Å². The maximum Gasteiger partial charge on any atom is 0.264 e. The molecule has 5 nitrogen and oxygen atoms in total. The van der Waals surface area contributed by atoms with E-state index in [1.807, 2.05) is 24.3 Å². The third-order valence-electron chi connectivity index (χ3n) is 4.59. The maximum absolute atomic E-state index is 12.3. The lowest BCUT2D eigenvalue weighted by Gasteiger charge is -2.25. The molecule has 0 saturated carbocycles. The summed E-state index contributed by atoms with van der Waals surface area (Å²) in [5.41, 5.74) is 2.35. The third-order valence-corrected chi connectivity index (χ3v) is 4.59. The summed E-state index contributed by atoms with van der Waals surface area (Å²) in [5, 5.41) is 2.93. The molecule has 1 atom stereocenters. The topological polar surface area (TPSA) is 50.8 Å². The van der Waals surface area contributed by atoms with Crippen molar-refractivity contribution in [2.45, 2.75) is 33.0 Å². The standard InChI is InChI=1S/C21H26N2O3/c1-3-23(4-2)14-17-11-9-16(10-12-17)13-22-21(24)20-15-25-18-7-5-6-8-19(18)26-20/h5-12,20H,3-4,13-15H2,1-2H3,(H,22,24). The summed E-state index contributed by atoms with van der Waals surface area (Å²) < 4.78 is 11.3. The predicted molar refractivity (Wildman–Crippen MR) is 101 cm³/mol. The molecule has 1 aliphatic rings. The number of rotatable bonds is 7. The Bertz CT molecular complexity index is 726. The third kappa shape index (κ3) is 4.55. The van der Waals surface area contributed by atoms with Gasteiger partial charge in [-0.25, -0.2) is 0 Å². The van der Waals surface area contributed by atoms with E-state index in [1.165, 1.54) is 5.56 Å². The van der Waals surface area contributed by atoms with Gasteiger partial charge in [0.25, 0.3) is 5.91 Å². The molecular formula is C21H26N2O3. The first kappa shape index (κ1) is 18.3. The second-order valence-corrected chi connectivity index (χ2v) is 6.36. The fraction of sp³-hybridized carbons (Fsp3) is 0.381. The summed E-state index contributed by atoms with van der Waals surface area (Å²) in [7, 11) is 0. The van der Waals surface area contributed by atoms with Gasteiger partial charge in [-0.3, -0.25) is 9.69 Å². The zero-order valence-corrected chi connectivity index (χ0v) is 15.4. The maximum atomic E-state index is 12.3. The lowest BCUT2D eigenvalue weighted by atomic mass is 10.1. The van der Waals surface area contributed by atoms with Crippen LogP contribution in [0.25, 0.3) is 0 Å². The highest BCUT2D eigenvalue weighted by molar-refractivity contribution is 5.81. The largest absolute Gasteiger partial charge is 0.485 e. The van der Waals surface area contributed by atoms with Crippen LogP contribution >= 0.6 is 0 Å². The van der Waals surface area contributed by atoms with Crippen LogP contribution in [0.4, 0.5) is 0 Å². The number of ether oxygens (including phenoxy) is 2. The van der Waals surface area contributed by atoms with Crippen LogP contribution in [-0.2, 0) is 17.9 Å². The zero-order valence-electron chi connectivity index (χ0n) is 15.4. The number of hydrogen-bond donors (Lipinski definition) is 1. The van der Waals surface area contributed by atoms with Crippen LogP contribution in [0.5, 0.6) is 11.5 Å². The van der Waals surface area contributed by atoms with Gasteiger partial charge in [0.15, 0.2) is 11.5 Å². The number of benzene rings is 2. The molecule has 1 amide bonds.